The van der Waals surface area contributed by atoms with E-state index in [-0.39, 0.29) is 17.6 Å². The summed E-state index contributed by atoms with van der Waals surface area (Å²) in [7, 11) is -11.2. The molecule has 16 heteroatoms. The molecule has 144 valence electrons. The molecule has 0 aliphatic carbocycles. The highest BCUT2D eigenvalue weighted by Crippen LogP contribution is 2.50. The number of H-pyrrole nitrogens is 1. The summed E-state index contributed by atoms with van der Waals surface area (Å²) < 4.78 is 36.0. The minimum absolute atomic E-state index is 0.0143. The van der Waals surface area contributed by atoms with E-state index in [9.17, 15) is 33.7 Å². The van der Waals surface area contributed by atoms with E-state index in [1.807, 2.05) is 0 Å². The second kappa shape index (κ2) is 6.93. The van der Waals surface area contributed by atoms with Gasteiger partial charge >= 0.3 is 0 Å². The molecule has 1 aliphatic heterocycles. The Morgan fingerprint density at radius 1 is 1.38 bits per heavy atom. The number of hydrogen-bond donors (Lipinski definition) is 2. The number of imidazole rings is 1. The second-order valence-corrected chi connectivity index (χ2v) is 7.96. The summed E-state index contributed by atoms with van der Waals surface area (Å²) in [6, 6.07) is 0. The number of ether oxygens (including phenoxy) is 1. The van der Waals surface area contributed by atoms with Crippen LogP contribution in [0.5, 0.6) is 0 Å². The number of aliphatic hydroxyl groups is 1. The first-order chi connectivity index (χ1) is 12.1. The maximum Gasteiger partial charge on any atom is 0.278 e. The molecular weight excluding hydrogens is 398 g/mol. The molecule has 0 radical (unpaired) electrons. The van der Waals surface area contributed by atoms with E-state index >= 15 is 0 Å². The van der Waals surface area contributed by atoms with Crippen molar-refractivity contribution in [2.45, 2.75) is 24.9 Å². The van der Waals surface area contributed by atoms with Gasteiger partial charge in [0.05, 0.1) is 33.2 Å². The van der Waals surface area contributed by atoms with Gasteiger partial charge in [-0.05, 0) is 0 Å². The summed E-state index contributed by atoms with van der Waals surface area (Å²) in [6.07, 6.45) is -0.798. The van der Waals surface area contributed by atoms with Crippen LogP contribution in [0.25, 0.3) is 11.2 Å². The first kappa shape index (κ1) is 19.3. The number of phosphoric acid groups is 2. The van der Waals surface area contributed by atoms with Gasteiger partial charge in [0.15, 0.2) is 11.2 Å². The fraction of sp³-hybridized carbons (Fsp3) is 0.500. The molecule has 2 aromatic rings. The number of nitrogens with one attached hydrogen (secondary N) is 1. The third-order valence-corrected chi connectivity index (χ3v) is 5.54. The lowest BCUT2D eigenvalue weighted by atomic mass is 10.2. The average Bonchev–Trinajstić information content (AvgIpc) is 3.07. The SMILES string of the molecule is O=c1[nH]cnc2c1ncn2[C@H]1C[C@H](O)[C@@H](COP(=O)([O-])OP(=O)([O-])[O-])O1. The highest BCUT2D eigenvalue weighted by atomic mass is 31.3. The van der Waals surface area contributed by atoms with E-state index in [0.717, 1.165) is 6.33 Å². The van der Waals surface area contributed by atoms with Crippen LogP contribution in [-0.2, 0) is 22.7 Å². The second-order valence-electron chi connectivity index (χ2n) is 5.26. The number of aliphatic hydroxyl groups excluding tert-OH is 1. The zero-order valence-corrected chi connectivity index (χ0v) is 14.4. The van der Waals surface area contributed by atoms with Gasteiger partial charge in [0, 0.05) is 6.42 Å². The fourth-order valence-corrected chi connectivity index (χ4v) is 3.92. The van der Waals surface area contributed by atoms with Gasteiger partial charge in [-0.25, -0.2) is 9.97 Å². The van der Waals surface area contributed by atoms with Gasteiger partial charge in [-0.15, -0.1) is 0 Å². The monoisotopic (exact) mass is 409 g/mol. The van der Waals surface area contributed by atoms with Crippen LogP contribution in [0.4, 0.5) is 0 Å². The molecule has 3 rings (SSSR count). The van der Waals surface area contributed by atoms with Crippen molar-refractivity contribution in [2.24, 2.45) is 0 Å². The predicted molar refractivity (Wildman–Crippen MR) is 74.9 cm³/mol. The Labute approximate surface area is 144 Å². The van der Waals surface area contributed by atoms with Gasteiger partial charge in [0.2, 0.25) is 0 Å². The van der Waals surface area contributed by atoms with Crippen molar-refractivity contribution >= 4 is 26.8 Å². The van der Waals surface area contributed by atoms with E-state index in [2.05, 4.69) is 23.8 Å². The number of phosphoric ester groups is 1. The van der Waals surface area contributed by atoms with Gasteiger partial charge < -0.3 is 38.6 Å². The summed E-state index contributed by atoms with van der Waals surface area (Å²) >= 11 is 0. The molecule has 0 spiro atoms. The van der Waals surface area contributed by atoms with Crippen molar-refractivity contribution in [1.29, 1.82) is 0 Å². The molecule has 0 aromatic carbocycles. The summed E-state index contributed by atoms with van der Waals surface area (Å²) in [4.78, 5) is 53.7. The van der Waals surface area contributed by atoms with Crippen LogP contribution >= 0.6 is 15.6 Å². The third kappa shape index (κ3) is 4.26. The predicted octanol–water partition coefficient (Wildman–Crippen LogP) is -2.90. The maximum absolute atomic E-state index is 11.6. The van der Waals surface area contributed by atoms with Crippen LogP contribution in [0.1, 0.15) is 12.6 Å². The van der Waals surface area contributed by atoms with Crippen LogP contribution in [0.15, 0.2) is 17.4 Å². The maximum atomic E-state index is 11.6. The fourth-order valence-electron chi connectivity index (χ4n) is 2.42. The third-order valence-electron chi connectivity index (χ3n) is 3.48. The zero-order chi connectivity index (χ0) is 19.1. The van der Waals surface area contributed by atoms with Crippen molar-refractivity contribution in [1.82, 2.24) is 19.5 Å². The van der Waals surface area contributed by atoms with Gasteiger partial charge in [0.1, 0.15) is 12.3 Å². The Kier molecular flexibility index (Phi) is 5.14. The minimum Gasteiger partial charge on any atom is -0.790 e. The van der Waals surface area contributed by atoms with E-state index in [1.54, 1.807) is 0 Å². The number of hydrogen-bond acceptors (Lipinski definition) is 12. The standard InChI is InChI=1S/C10H14N4O10P2/c15-5-1-7(14-4-13-8-9(14)11-3-12-10(8)16)23-6(5)2-22-26(20,21)24-25(17,18)19/h3-7,15H,1-2H2,(H,20,21)(H,11,12,16)(H2,17,18,19)/p-3/t5-,6+,7+/m0/s1. The van der Waals surface area contributed by atoms with Gasteiger partial charge in [-0.2, -0.15) is 0 Å². The van der Waals surface area contributed by atoms with E-state index in [0.29, 0.717) is 0 Å². The molecule has 3 heterocycles. The van der Waals surface area contributed by atoms with Crippen LogP contribution in [0.3, 0.4) is 0 Å². The number of nitrogens with zero attached hydrogens (tertiary/aromatic N) is 3. The molecule has 0 amide bonds. The van der Waals surface area contributed by atoms with Gasteiger partial charge in [-0.1, -0.05) is 0 Å². The summed E-state index contributed by atoms with van der Waals surface area (Å²) in [5, 5.41) is 9.98. The molecule has 2 aromatic heterocycles. The van der Waals surface area contributed by atoms with Crippen LogP contribution in [-0.4, -0.2) is 43.4 Å². The lowest BCUT2D eigenvalue weighted by Gasteiger charge is -2.35. The Morgan fingerprint density at radius 3 is 2.81 bits per heavy atom. The highest BCUT2D eigenvalue weighted by Gasteiger charge is 2.36. The normalized spacial score (nSPS) is 26.2. The van der Waals surface area contributed by atoms with Crippen molar-refractivity contribution in [2.75, 3.05) is 6.61 Å². The molecule has 26 heavy (non-hydrogen) atoms. The quantitative estimate of drug-likeness (QED) is 0.459. The Morgan fingerprint density at radius 2 is 2.12 bits per heavy atom. The molecule has 0 bridgehead atoms. The van der Waals surface area contributed by atoms with Crippen molar-refractivity contribution in [3.05, 3.63) is 23.0 Å². The lowest BCUT2D eigenvalue weighted by Crippen LogP contribution is -2.28. The van der Waals surface area contributed by atoms with Crippen molar-refractivity contribution in [3.63, 3.8) is 0 Å². The average molecular weight is 409 g/mol. The number of rotatable bonds is 6. The topological polar surface area (TPSA) is 215 Å². The summed E-state index contributed by atoms with van der Waals surface area (Å²) in [5.74, 6) is 0. The van der Waals surface area contributed by atoms with Crippen LogP contribution in [0, 0.1) is 0 Å². The van der Waals surface area contributed by atoms with E-state index in [4.69, 9.17) is 4.74 Å². The molecule has 0 saturated carbocycles. The number of aromatic nitrogens is 4. The highest BCUT2D eigenvalue weighted by molar-refractivity contribution is 7.58. The largest absolute Gasteiger partial charge is 0.790 e. The van der Waals surface area contributed by atoms with E-state index < -0.39 is 46.2 Å². The molecule has 2 N–H and O–H groups in total. The molecule has 1 unspecified atom stereocenters. The first-order valence-electron chi connectivity index (χ1n) is 6.98. The first-order valence-corrected chi connectivity index (χ1v) is 9.90. The van der Waals surface area contributed by atoms with E-state index in [1.165, 1.54) is 10.9 Å². The number of fused-ring (bicyclic) bond motifs is 1. The van der Waals surface area contributed by atoms with Crippen molar-refractivity contribution in [3.8, 4) is 0 Å². The Hall–Kier alpha value is -1.47. The summed E-state index contributed by atoms with van der Waals surface area (Å²) in [6.45, 7) is -0.793. The van der Waals surface area contributed by atoms with Gasteiger partial charge in [0.25, 0.3) is 13.4 Å². The molecule has 1 fully saturated rings. The molecule has 1 saturated heterocycles. The molecule has 1 aliphatic rings. The smallest absolute Gasteiger partial charge is 0.278 e. The van der Waals surface area contributed by atoms with Crippen LogP contribution < -0.4 is 20.2 Å². The van der Waals surface area contributed by atoms with Crippen molar-refractivity contribution < 1.29 is 42.5 Å². The summed E-state index contributed by atoms with van der Waals surface area (Å²) in [5.41, 5.74) is -0.246. The lowest BCUT2D eigenvalue weighted by molar-refractivity contribution is -0.339. The minimum atomic E-state index is -5.80. The van der Waals surface area contributed by atoms with Gasteiger partial charge in [-0.3, -0.25) is 18.2 Å². The molecule has 14 nitrogen and oxygen atoms in total. The number of aromatic amines is 1. The zero-order valence-electron chi connectivity index (χ0n) is 12.7. The molecule has 4 atom stereocenters. The Bertz CT molecular complexity index is 953. The van der Waals surface area contributed by atoms with Crippen LogP contribution in [0.2, 0.25) is 0 Å². The molecular formula is C10H11N4O10P2-3. The Balaban J connectivity index is 1.70.